The van der Waals surface area contributed by atoms with Crippen LogP contribution in [0.2, 0.25) is 0 Å². The highest BCUT2D eigenvalue weighted by Crippen LogP contribution is 2.20. The van der Waals surface area contributed by atoms with Gasteiger partial charge < -0.3 is 15.4 Å². The van der Waals surface area contributed by atoms with Gasteiger partial charge in [0, 0.05) is 30.8 Å². The van der Waals surface area contributed by atoms with Crippen LogP contribution in [0.3, 0.4) is 0 Å². The average Bonchev–Trinajstić information content (AvgIpc) is 2.91. The first-order valence-electron chi connectivity index (χ1n) is 6.96. The van der Waals surface area contributed by atoms with Crippen molar-refractivity contribution in [3.05, 3.63) is 41.1 Å². The topological polar surface area (TPSA) is 79.0 Å². The highest BCUT2D eigenvalue weighted by Gasteiger charge is 2.17. The molecule has 1 aromatic heterocycles. The molecule has 0 aliphatic carbocycles. The predicted molar refractivity (Wildman–Crippen MR) is 79.3 cm³/mol. The Hall–Kier alpha value is -2.34. The van der Waals surface area contributed by atoms with Gasteiger partial charge in [-0.05, 0) is 17.7 Å². The zero-order valence-corrected chi connectivity index (χ0v) is 11.9. The number of hydrogen-bond acceptors (Lipinski definition) is 4. The Morgan fingerprint density at radius 3 is 2.95 bits per heavy atom. The van der Waals surface area contributed by atoms with Gasteiger partial charge in [0.1, 0.15) is 5.75 Å². The van der Waals surface area contributed by atoms with Crippen molar-refractivity contribution in [2.45, 2.75) is 19.4 Å². The van der Waals surface area contributed by atoms with E-state index in [0.717, 1.165) is 42.1 Å². The van der Waals surface area contributed by atoms with Crippen LogP contribution in [-0.4, -0.2) is 29.8 Å². The summed E-state index contributed by atoms with van der Waals surface area (Å²) in [5, 5.41) is 13.3. The lowest BCUT2D eigenvalue weighted by molar-refractivity contribution is -0.115. The Morgan fingerprint density at radius 2 is 2.19 bits per heavy atom. The van der Waals surface area contributed by atoms with E-state index < -0.39 is 0 Å². The Labute approximate surface area is 122 Å². The van der Waals surface area contributed by atoms with Crippen molar-refractivity contribution in [2.75, 3.05) is 19.0 Å². The van der Waals surface area contributed by atoms with Crippen LogP contribution in [0.25, 0.3) is 0 Å². The van der Waals surface area contributed by atoms with Crippen molar-refractivity contribution in [3.63, 3.8) is 0 Å². The van der Waals surface area contributed by atoms with Crippen LogP contribution in [0.5, 0.6) is 5.75 Å². The van der Waals surface area contributed by atoms with Crippen molar-refractivity contribution in [1.29, 1.82) is 0 Å². The summed E-state index contributed by atoms with van der Waals surface area (Å²) in [6.07, 6.45) is 1.23. The molecule has 2 heterocycles. The fourth-order valence-corrected chi connectivity index (χ4v) is 2.43. The fraction of sp³-hybridized carbons (Fsp3) is 0.333. The van der Waals surface area contributed by atoms with Crippen molar-refractivity contribution in [3.8, 4) is 5.75 Å². The van der Waals surface area contributed by atoms with Crippen LogP contribution in [-0.2, 0) is 24.2 Å². The molecule has 1 aliphatic heterocycles. The van der Waals surface area contributed by atoms with Crippen LogP contribution in [0.4, 0.5) is 5.82 Å². The first-order chi connectivity index (χ1) is 10.3. The van der Waals surface area contributed by atoms with E-state index in [1.807, 2.05) is 24.3 Å². The summed E-state index contributed by atoms with van der Waals surface area (Å²) in [6.45, 7) is 1.68. The molecule has 2 aromatic rings. The zero-order valence-electron chi connectivity index (χ0n) is 11.9. The van der Waals surface area contributed by atoms with Gasteiger partial charge >= 0.3 is 0 Å². The largest absolute Gasteiger partial charge is 0.497 e. The van der Waals surface area contributed by atoms with Crippen LogP contribution < -0.4 is 15.4 Å². The zero-order chi connectivity index (χ0) is 14.7. The van der Waals surface area contributed by atoms with E-state index in [-0.39, 0.29) is 5.91 Å². The molecule has 3 rings (SSSR count). The highest BCUT2D eigenvalue weighted by atomic mass is 16.5. The second-order valence-corrected chi connectivity index (χ2v) is 5.03. The van der Waals surface area contributed by atoms with Crippen molar-refractivity contribution >= 4 is 11.7 Å². The minimum atomic E-state index is -0.0694. The van der Waals surface area contributed by atoms with Gasteiger partial charge in [-0.3, -0.25) is 9.89 Å². The molecular formula is C15H18N4O2. The quantitative estimate of drug-likeness (QED) is 0.790. The number of carbonyl (C=O) groups excluding carboxylic acids is 1. The number of aromatic amines is 1. The normalized spacial score (nSPS) is 13.6. The van der Waals surface area contributed by atoms with Crippen molar-refractivity contribution in [1.82, 2.24) is 15.5 Å². The molecule has 0 unspecified atom stereocenters. The van der Waals surface area contributed by atoms with Crippen molar-refractivity contribution in [2.24, 2.45) is 0 Å². The average molecular weight is 286 g/mol. The molecular weight excluding hydrogens is 268 g/mol. The summed E-state index contributed by atoms with van der Waals surface area (Å²) < 4.78 is 5.10. The number of amides is 1. The predicted octanol–water partition coefficient (Wildman–Crippen LogP) is 1.25. The number of aromatic nitrogens is 2. The summed E-state index contributed by atoms with van der Waals surface area (Å²) in [5.74, 6) is 1.35. The number of hydrogen-bond donors (Lipinski definition) is 3. The van der Waals surface area contributed by atoms with E-state index in [9.17, 15) is 4.79 Å². The molecule has 1 aromatic carbocycles. The summed E-state index contributed by atoms with van der Waals surface area (Å²) >= 11 is 0. The summed E-state index contributed by atoms with van der Waals surface area (Å²) in [5.41, 5.74) is 3.11. The van der Waals surface area contributed by atoms with Gasteiger partial charge in [-0.15, -0.1) is 0 Å². The molecule has 0 fully saturated rings. The highest BCUT2D eigenvalue weighted by molar-refractivity contribution is 5.92. The maximum Gasteiger partial charge on any atom is 0.230 e. The molecule has 1 amide bonds. The molecule has 110 valence electrons. The monoisotopic (exact) mass is 286 g/mol. The number of benzene rings is 1. The van der Waals surface area contributed by atoms with Crippen molar-refractivity contribution < 1.29 is 9.53 Å². The van der Waals surface area contributed by atoms with Crippen LogP contribution in [0.1, 0.15) is 16.8 Å². The van der Waals surface area contributed by atoms with E-state index >= 15 is 0 Å². The summed E-state index contributed by atoms with van der Waals surface area (Å²) in [7, 11) is 1.62. The maximum absolute atomic E-state index is 12.1. The van der Waals surface area contributed by atoms with Gasteiger partial charge in [0.25, 0.3) is 0 Å². The van der Waals surface area contributed by atoms with E-state index in [1.165, 1.54) is 0 Å². The minimum Gasteiger partial charge on any atom is -0.497 e. The van der Waals surface area contributed by atoms with Gasteiger partial charge in [-0.1, -0.05) is 12.1 Å². The Kier molecular flexibility index (Phi) is 3.87. The van der Waals surface area contributed by atoms with Crippen LogP contribution in [0.15, 0.2) is 24.3 Å². The molecule has 1 aliphatic rings. The second kappa shape index (κ2) is 5.97. The number of carbonyl (C=O) groups is 1. The van der Waals surface area contributed by atoms with E-state index in [2.05, 4.69) is 20.8 Å². The Bertz CT molecular complexity index is 634. The third-order valence-corrected chi connectivity index (χ3v) is 3.59. The number of anilines is 1. The van der Waals surface area contributed by atoms with Crippen LogP contribution >= 0.6 is 0 Å². The lowest BCUT2D eigenvalue weighted by Gasteiger charge is -2.13. The first-order valence-corrected chi connectivity index (χ1v) is 6.96. The Morgan fingerprint density at radius 1 is 1.38 bits per heavy atom. The number of nitrogens with zero attached hydrogens (tertiary/aromatic N) is 1. The molecule has 0 radical (unpaired) electrons. The lowest BCUT2D eigenvalue weighted by Crippen LogP contribution is -2.24. The lowest BCUT2D eigenvalue weighted by atomic mass is 10.1. The number of nitrogens with one attached hydrogen (secondary N) is 3. The first kappa shape index (κ1) is 13.6. The number of H-pyrrole nitrogens is 1. The summed E-state index contributed by atoms with van der Waals surface area (Å²) in [6, 6.07) is 7.48. The molecule has 6 heteroatoms. The second-order valence-electron chi connectivity index (χ2n) is 5.03. The molecule has 3 N–H and O–H groups in total. The van der Waals surface area contributed by atoms with Gasteiger partial charge in [0.05, 0.1) is 13.5 Å². The number of rotatable bonds is 4. The molecule has 0 saturated carbocycles. The number of methoxy groups -OCH3 is 1. The molecule has 0 atom stereocenters. The standard InChI is InChI=1S/C15H18N4O2/c1-21-11-4-2-10(3-5-11)8-14(20)17-15-12-9-16-7-6-13(12)18-19-15/h2-5,16H,6-9H2,1H3,(H2,17,18,19,20). The molecule has 6 nitrogen and oxygen atoms in total. The molecule has 21 heavy (non-hydrogen) atoms. The van der Waals surface area contributed by atoms with E-state index in [0.29, 0.717) is 12.2 Å². The van der Waals surface area contributed by atoms with Gasteiger partial charge in [-0.2, -0.15) is 5.10 Å². The van der Waals surface area contributed by atoms with E-state index in [4.69, 9.17) is 4.74 Å². The number of ether oxygens (including phenoxy) is 1. The molecule has 0 bridgehead atoms. The SMILES string of the molecule is COc1ccc(CC(=O)Nc2n[nH]c3c2CNCC3)cc1. The summed E-state index contributed by atoms with van der Waals surface area (Å²) in [4.78, 5) is 12.1. The molecule has 0 spiro atoms. The Balaban J connectivity index is 1.64. The van der Waals surface area contributed by atoms with Gasteiger partial charge in [-0.25, -0.2) is 0 Å². The minimum absolute atomic E-state index is 0.0694. The maximum atomic E-state index is 12.1. The van der Waals surface area contributed by atoms with Gasteiger partial charge in [0.2, 0.25) is 5.91 Å². The third-order valence-electron chi connectivity index (χ3n) is 3.59. The molecule has 0 saturated heterocycles. The van der Waals surface area contributed by atoms with E-state index in [1.54, 1.807) is 7.11 Å². The van der Waals surface area contributed by atoms with Crippen LogP contribution in [0, 0.1) is 0 Å². The third kappa shape index (κ3) is 3.05. The smallest absolute Gasteiger partial charge is 0.230 e. The number of fused-ring (bicyclic) bond motifs is 1. The fourth-order valence-electron chi connectivity index (χ4n) is 2.43. The van der Waals surface area contributed by atoms with Gasteiger partial charge in [0.15, 0.2) is 5.82 Å².